The lowest BCUT2D eigenvalue weighted by molar-refractivity contribution is 0.600. The van der Waals surface area contributed by atoms with E-state index in [1.165, 1.54) is 11.3 Å². The van der Waals surface area contributed by atoms with Gasteiger partial charge >= 0.3 is 0 Å². The summed E-state index contributed by atoms with van der Waals surface area (Å²) in [4.78, 5) is 9.00. The van der Waals surface area contributed by atoms with Crippen molar-refractivity contribution in [2.75, 3.05) is 5.32 Å². The zero-order valence-corrected chi connectivity index (χ0v) is 11.9. The highest BCUT2D eigenvalue weighted by molar-refractivity contribution is 8.22. The number of halogens is 1. The molecule has 1 aliphatic heterocycles. The van der Waals surface area contributed by atoms with Crippen LogP contribution in [0.5, 0.6) is 0 Å². The molecular formula is C13H12FN3S2. The van der Waals surface area contributed by atoms with Crippen molar-refractivity contribution in [3.63, 3.8) is 0 Å². The maximum Gasteiger partial charge on any atom is 0.188 e. The van der Waals surface area contributed by atoms with Crippen LogP contribution in [0.3, 0.4) is 0 Å². The smallest absolute Gasteiger partial charge is 0.188 e. The molecule has 3 heterocycles. The summed E-state index contributed by atoms with van der Waals surface area (Å²) < 4.78 is 14.4. The van der Waals surface area contributed by atoms with E-state index in [0.29, 0.717) is 10.0 Å². The second-order valence-corrected chi connectivity index (χ2v) is 6.75. The molecule has 3 nitrogen and oxygen atoms in total. The SMILES string of the molecule is Cc1csc(Nc2nccc([SH]3C=CC=C3)c2F)n1. The van der Waals surface area contributed by atoms with Gasteiger partial charge in [0.15, 0.2) is 16.8 Å². The van der Waals surface area contributed by atoms with Crippen LogP contribution in [-0.4, -0.2) is 9.97 Å². The lowest BCUT2D eigenvalue weighted by atomic mass is 10.4. The van der Waals surface area contributed by atoms with Gasteiger partial charge in [0.1, 0.15) is 0 Å². The van der Waals surface area contributed by atoms with E-state index < -0.39 is 10.9 Å². The van der Waals surface area contributed by atoms with Crippen LogP contribution < -0.4 is 5.32 Å². The largest absolute Gasteiger partial charge is 0.314 e. The summed E-state index contributed by atoms with van der Waals surface area (Å²) in [5.74, 6) is -0.0549. The highest BCUT2D eigenvalue weighted by atomic mass is 32.2. The molecular weight excluding hydrogens is 281 g/mol. The second kappa shape index (κ2) is 5.14. The van der Waals surface area contributed by atoms with Gasteiger partial charge in [-0.3, -0.25) is 0 Å². The van der Waals surface area contributed by atoms with Gasteiger partial charge in [0, 0.05) is 16.5 Å². The average Bonchev–Trinajstić information content (AvgIpc) is 3.04. The van der Waals surface area contributed by atoms with Crippen molar-refractivity contribution in [2.24, 2.45) is 0 Å². The molecule has 0 aliphatic carbocycles. The Kier molecular flexibility index (Phi) is 3.35. The van der Waals surface area contributed by atoms with E-state index in [2.05, 4.69) is 15.3 Å². The number of hydrogen-bond acceptors (Lipinski definition) is 4. The van der Waals surface area contributed by atoms with Crippen LogP contribution in [0.2, 0.25) is 0 Å². The molecule has 19 heavy (non-hydrogen) atoms. The molecule has 0 bridgehead atoms. The monoisotopic (exact) mass is 293 g/mol. The van der Waals surface area contributed by atoms with Crippen molar-refractivity contribution >= 4 is 33.2 Å². The van der Waals surface area contributed by atoms with Crippen molar-refractivity contribution in [3.8, 4) is 0 Å². The first kappa shape index (κ1) is 12.4. The molecule has 3 rings (SSSR count). The number of aryl methyl sites for hydroxylation is 1. The number of aromatic nitrogens is 2. The zero-order chi connectivity index (χ0) is 13.2. The van der Waals surface area contributed by atoms with Gasteiger partial charge in [0.2, 0.25) is 0 Å². The summed E-state index contributed by atoms with van der Waals surface area (Å²) in [5.41, 5.74) is 0.912. The predicted molar refractivity (Wildman–Crippen MR) is 79.9 cm³/mol. The molecule has 0 amide bonds. The van der Waals surface area contributed by atoms with Crippen molar-refractivity contribution in [1.29, 1.82) is 0 Å². The Morgan fingerprint density at radius 2 is 2.11 bits per heavy atom. The Hall–Kier alpha value is -1.66. The van der Waals surface area contributed by atoms with E-state index in [0.717, 1.165) is 5.69 Å². The molecule has 98 valence electrons. The molecule has 0 aromatic carbocycles. The van der Waals surface area contributed by atoms with Gasteiger partial charge in [-0.25, -0.2) is 14.4 Å². The highest BCUT2D eigenvalue weighted by Crippen LogP contribution is 2.44. The van der Waals surface area contributed by atoms with Crippen LogP contribution in [0.15, 0.2) is 45.5 Å². The fourth-order valence-corrected chi connectivity index (χ4v) is 3.98. The summed E-state index contributed by atoms with van der Waals surface area (Å²) in [5, 5.41) is 9.55. The van der Waals surface area contributed by atoms with E-state index in [1.54, 1.807) is 12.3 Å². The Balaban J connectivity index is 1.92. The minimum Gasteiger partial charge on any atom is -0.314 e. The Morgan fingerprint density at radius 3 is 2.79 bits per heavy atom. The lowest BCUT2D eigenvalue weighted by Gasteiger charge is -2.13. The summed E-state index contributed by atoms with van der Waals surface area (Å²) in [7, 11) is -0.680. The maximum atomic E-state index is 14.4. The molecule has 0 radical (unpaired) electrons. The third-order valence-corrected chi connectivity index (χ3v) is 5.36. The van der Waals surface area contributed by atoms with Crippen LogP contribution in [0.1, 0.15) is 5.69 Å². The van der Waals surface area contributed by atoms with Crippen molar-refractivity contribution in [2.45, 2.75) is 11.8 Å². The summed E-state index contributed by atoms with van der Waals surface area (Å²) in [6.07, 6.45) is 5.52. The predicted octanol–water partition coefficient (Wildman–Crippen LogP) is 4.13. The first-order chi connectivity index (χ1) is 9.24. The Morgan fingerprint density at radius 1 is 1.32 bits per heavy atom. The van der Waals surface area contributed by atoms with Gasteiger partial charge in [0.25, 0.3) is 0 Å². The van der Waals surface area contributed by atoms with Crippen LogP contribution >= 0.6 is 22.2 Å². The lowest BCUT2D eigenvalue weighted by Crippen LogP contribution is -1.98. The Labute approximate surface area is 117 Å². The molecule has 2 aromatic rings. The molecule has 0 saturated carbocycles. The van der Waals surface area contributed by atoms with E-state index in [1.807, 2.05) is 35.3 Å². The van der Waals surface area contributed by atoms with Gasteiger partial charge in [0.05, 0.1) is 5.69 Å². The van der Waals surface area contributed by atoms with Gasteiger partial charge in [-0.1, -0.05) is 12.2 Å². The summed E-state index contributed by atoms with van der Waals surface area (Å²) >= 11 is 1.44. The standard InChI is InChI=1S/C13H12FN3S2/c1-9-8-18-13(16-9)17-12-11(14)10(4-5-15-12)19-6-2-3-7-19/h2-8,19H,1H3,(H,15,16,17). The van der Waals surface area contributed by atoms with Crippen molar-refractivity contribution < 1.29 is 4.39 Å². The first-order valence-corrected chi connectivity index (χ1v) is 8.07. The molecule has 6 heteroatoms. The Bertz CT molecular complexity index is 652. The number of pyridine rings is 1. The molecule has 0 unspecified atom stereocenters. The second-order valence-electron chi connectivity index (χ2n) is 4.00. The van der Waals surface area contributed by atoms with Crippen LogP contribution in [0.25, 0.3) is 0 Å². The number of thiol groups is 1. The summed E-state index contributed by atoms with van der Waals surface area (Å²) in [6.45, 7) is 1.90. The van der Waals surface area contributed by atoms with Crippen LogP contribution in [0.4, 0.5) is 15.3 Å². The number of nitrogens with zero attached hydrogens (tertiary/aromatic N) is 2. The van der Waals surface area contributed by atoms with Gasteiger partial charge in [-0.2, -0.15) is 10.9 Å². The topological polar surface area (TPSA) is 37.8 Å². The number of allylic oxidation sites excluding steroid dienone is 2. The first-order valence-electron chi connectivity index (χ1n) is 5.71. The third kappa shape index (κ3) is 2.54. The van der Waals surface area contributed by atoms with Crippen LogP contribution in [-0.2, 0) is 0 Å². The fraction of sp³-hybridized carbons (Fsp3) is 0.0769. The molecule has 0 atom stereocenters. The highest BCUT2D eigenvalue weighted by Gasteiger charge is 2.14. The molecule has 1 aliphatic rings. The molecule has 0 saturated heterocycles. The maximum absolute atomic E-state index is 14.4. The summed E-state index contributed by atoms with van der Waals surface area (Å²) in [6, 6.07) is 1.74. The number of anilines is 2. The van der Waals surface area contributed by atoms with Crippen molar-refractivity contribution in [1.82, 2.24) is 9.97 Å². The minimum absolute atomic E-state index is 0.239. The molecule has 0 fully saturated rings. The van der Waals surface area contributed by atoms with Crippen LogP contribution in [0, 0.1) is 12.7 Å². The number of rotatable bonds is 3. The average molecular weight is 293 g/mol. The van der Waals surface area contributed by atoms with E-state index >= 15 is 0 Å². The molecule has 0 spiro atoms. The molecule has 2 aromatic heterocycles. The third-order valence-electron chi connectivity index (χ3n) is 2.60. The van der Waals surface area contributed by atoms with Gasteiger partial charge < -0.3 is 5.32 Å². The fourth-order valence-electron chi connectivity index (χ4n) is 1.73. The number of thiazole rings is 1. The van der Waals surface area contributed by atoms with E-state index in [4.69, 9.17) is 0 Å². The normalized spacial score (nSPS) is 15.2. The molecule has 1 N–H and O–H groups in total. The number of hydrogen-bond donors (Lipinski definition) is 2. The van der Waals surface area contributed by atoms with Crippen molar-refractivity contribution in [3.05, 3.63) is 52.1 Å². The quantitative estimate of drug-likeness (QED) is 0.836. The minimum atomic E-state index is -0.680. The zero-order valence-electron chi connectivity index (χ0n) is 10.2. The van der Waals surface area contributed by atoms with E-state index in [9.17, 15) is 4.39 Å². The number of nitrogens with one attached hydrogen (secondary N) is 1. The van der Waals surface area contributed by atoms with Gasteiger partial charge in [-0.15, -0.1) is 11.3 Å². The van der Waals surface area contributed by atoms with Gasteiger partial charge in [-0.05, 0) is 23.8 Å². The van der Waals surface area contributed by atoms with E-state index in [-0.39, 0.29) is 11.6 Å².